The quantitative estimate of drug-likeness (QED) is 0.577. The molecule has 0 atom stereocenters. The summed E-state index contributed by atoms with van der Waals surface area (Å²) < 4.78 is 1.94. The zero-order chi connectivity index (χ0) is 21.8. The fourth-order valence-corrected chi connectivity index (χ4v) is 4.62. The number of benzene rings is 2. The zero-order valence-corrected chi connectivity index (χ0v) is 18.5. The highest BCUT2D eigenvalue weighted by atomic mass is 32.2. The van der Waals surface area contributed by atoms with Crippen molar-refractivity contribution in [2.45, 2.75) is 38.5 Å². The molecule has 8 heteroatoms. The van der Waals surface area contributed by atoms with Gasteiger partial charge in [-0.05, 0) is 44.0 Å². The lowest BCUT2D eigenvalue weighted by atomic mass is 10.1. The third-order valence-corrected chi connectivity index (χ3v) is 6.26. The smallest absolute Gasteiger partial charge is 0.251 e. The van der Waals surface area contributed by atoms with E-state index in [9.17, 15) is 9.59 Å². The minimum absolute atomic E-state index is 0.0647. The molecule has 0 fully saturated rings. The van der Waals surface area contributed by atoms with Crippen molar-refractivity contribution in [2.24, 2.45) is 0 Å². The van der Waals surface area contributed by atoms with E-state index < -0.39 is 0 Å². The molecule has 1 aromatic heterocycles. The number of fused-ring (bicyclic) bond motifs is 1. The van der Waals surface area contributed by atoms with Crippen molar-refractivity contribution in [3.63, 3.8) is 0 Å². The Morgan fingerprint density at radius 3 is 2.77 bits per heavy atom. The maximum atomic E-state index is 12.8. The molecule has 2 amide bonds. The van der Waals surface area contributed by atoms with E-state index in [1.165, 1.54) is 17.3 Å². The van der Waals surface area contributed by atoms with Gasteiger partial charge in [-0.3, -0.25) is 9.59 Å². The fourth-order valence-electron chi connectivity index (χ4n) is 3.72. The van der Waals surface area contributed by atoms with Gasteiger partial charge in [0, 0.05) is 24.3 Å². The number of thioether (sulfide) groups is 1. The molecule has 1 aliphatic heterocycles. The third-order valence-electron chi connectivity index (χ3n) is 5.31. The summed E-state index contributed by atoms with van der Waals surface area (Å²) in [5.74, 6) is 0.883. The van der Waals surface area contributed by atoms with Crippen molar-refractivity contribution in [1.82, 2.24) is 20.1 Å². The van der Waals surface area contributed by atoms with Crippen LogP contribution < -0.4 is 10.2 Å². The lowest BCUT2D eigenvalue weighted by molar-refractivity contribution is -0.116. The number of rotatable bonds is 7. The van der Waals surface area contributed by atoms with Gasteiger partial charge in [0.05, 0.1) is 12.3 Å². The average molecular weight is 436 g/mol. The minimum Gasteiger partial charge on any atom is -0.345 e. The van der Waals surface area contributed by atoms with Gasteiger partial charge in [0.15, 0.2) is 11.0 Å². The Balaban J connectivity index is 1.37. The van der Waals surface area contributed by atoms with Gasteiger partial charge in [-0.25, -0.2) is 0 Å². The summed E-state index contributed by atoms with van der Waals surface area (Å²) in [6.45, 7) is 5.61. The summed E-state index contributed by atoms with van der Waals surface area (Å²) in [7, 11) is 0. The van der Waals surface area contributed by atoms with Crippen LogP contribution in [0.2, 0.25) is 0 Å². The molecule has 160 valence electrons. The molecule has 4 rings (SSSR count). The molecular weight excluding hydrogens is 410 g/mol. The Hall–Kier alpha value is -3.13. The first kappa shape index (κ1) is 21.1. The topological polar surface area (TPSA) is 80.1 Å². The number of hydrogen-bond donors (Lipinski definition) is 1. The van der Waals surface area contributed by atoms with Crippen LogP contribution >= 0.6 is 11.8 Å². The van der Waals surface area contributed by atoms with E-state index in [2.05, 4.69) is 21.6 Å². The summed E-state index contributed by atoms with van der Waals surface area (Å²) in [4.78, 5) is 27.0. The van der Waals surface area contributed by atoms with Crippen LogP contribution in [0.3, 0.4) is 0 Å². The van der Waals surface area contributed by atoms with E-state index in [4.69, 9.17) is 0 Å². The molecule has 2 heterocycles. The van der Waals surface area contributed by atoms with E-state index in [0.29, 0.717) is 28.8 Å². The van der Waals surface area contributed by atoms with E-state index >= 15 is 0 Å². The highest BCUT2D eigenvalue weighted by Gasteiger charge is 2.24. The molecule has 0 saturated carbocycles. The third kappa shape index (κ3) is 4.64. The number of para-hydroxylation sites is 1. The van der Waals surface area contributed by atoms with Crippen LogP contribution in [0.5, 0.6) is 0 Å². The van der Waals surface area contributed by atoms with Gasteiger partial charge in [-0.1, -0.05) is 47.7 Å². The predicted molar refractivity (Wildman–Crippen MR) is 121 cm³/mol. The number of aromatic nitrogens is 3. The lowest BCUT2D eigenvalue weighted by Gasteiger charge is -2.17. The fraction of sp³-hybridized carbons (Fsp3) is 0.304. The van der Waals surface area contributed by atoms with Crippen LogP contribution in [0, 0.1) is 6.92 Å². The Morgan fingerprint density at radius 2 is 1.97 bits per heavy atom. The summed E-state index contributed by atoms with van der Waals surface area (Å²) >= 11 is 1.38. The summed E-state index contributed by atoms with van der Waals surface area (Å²) in [6.07, 6.45) is 0.891. The molecule has 1 aliphatic rings. The Morgan fingerprint density at radius 1 is 1.13 bits per heavy atom. The van der Waals surface area contributed by atoms with Gasteiger partial charge >= 0.3 is 0 Å². The summed E-state index contributed by atoms with van der Waals surface area (Å²) in [5, 5.41) is 12.1. The molecular formula is C23H25N5O2S. The first-order chi connectivity index (χ1) is 15.1. The van der Waals surface area contributed by atoms with E-state index in [0.717, 1.165) is 24.2 Å². The van der Waals surface area contributed by atoms with E-state index in [1.807, 2.05) is 59.7 Å². The summed E-state index contributed by atoms with van der Waals surface area (Å²) in [5.41, 5.74) is 3.87. The highest BCUT2D eigenvalue weighted by molar-refractivity contribution is 7.99. The lowest BCUT2D eigenvalue weighted by Crippen LogP contribution is -2.30. The van der Waals surface area contributed by atoms with Crippen molar-refractivity contribution in [1.29, 1.82) is 0 Å². The maximum Gasteiger partial charge on any atom is 0.251 e. The molecule has 0 saturated heterocycles. The van der Waals surface area contributed by atoms with E-state index in [-0.39, 0.29) is 18.4 Å². The van der Waals surface area contributed by atoms with Crippen LogP contribution in [0.4, 0.5) is 5.69 Å². The van der Waals surface area contributed by atoms with Crippen molar-refractivity contribution < 1.29 is 9.59 Å². The number of nitrogens with one attached hydrogen (secondary N) is 1. The van der Waals surface area contributed by atoms with Crippen molar-refractivity contribution in [2.75, 3.05) is 17.2 Å². The van der Waals surface area contributed by atoms with Crippen molar-refractivity contribution in [3.05, 3.63) is 71.0 Å². The van der Waals surface area contributed by atoms with Gasteiger partial charge in [0.25, 0.3) is 5.91 Å². The monoisotopic (exact) mass is 435 g/mol. The molecule has 7 nitrogen and oxygen atoms in total. The van der Waals surface area contributed by atoms with Crippen molar-refractivity contribution >= 4 is 29.3 Å². The molecule has 1 N–H and O–H groups in total. The van der Waals surface area contributed by atoms with Crippen LogP contribution in [-0.2, 0) is 24.3 Å². The van der Waals surface area contributed by atoms with Gasteiger partial charge in [-0.15, -0.1) is 10.2 Å². The second-order valence-electron chi connectivity index (χ2n) is 7.41. The number of carbonyl (C=O) groups is 2. The molecule has 3 aromatic rings. The Bertz CT molecular complexity index is 1110. The standard InChI is InChI=1S/C23H25N5O2S/c1-3-27-20(14-24-22(30)18-9-6-7-16(2)13-18)25-26-23(27)31-15-21(29)28-12-11-17-8-4-5-10-19(17)28/h4-10,13H,3,11-12,14-15H2,1-2H3,(H,24,30). The Labute approximate surface area is 185 Å². The summed E-state index contributed by atoms with van der Waals surface area (Å²) in [6, 6.07) is 15.5. The zero-order valence-electron chi connectivity index (χ0n) is 17.7. The predicted octanol–water partition coefficient (Wildman–Crippen LogP) is 3.22. The molecule has 0 spiro atoms. The normalized spacial score (nSPS) is 12.6. The molecule has 0 aliphatic carbocycles. The van der Waals surface area contributed by atoms with E-state index in [1.54, 1.807) is 6.07 Å². The molecule has 0 bridgehead atoms. The molecule has 31 heavy (non-hydrogen) atoms. The van der Waals surface area contributed by atoms with Crippen LogP contribution in [0.25, 0.3) is 0 Å². The highest BCUT2D eigenvalue weighted by Crippen LogP contribution is 2.28. The average Bonchev–Trinajstić information content (AvgIpc) is 3.39. The molecule has 2 aromatic carbocycles. The minimum atomic E-state index is -0.147. The number of nitrogens with zero attached hydrogens (tertiary/aromatic N) is 4. The SMILES string of the molecule is CCn1c(CNC(=O)c2cccc(C)c2)nnc1SCC(=O)N1CCc2ccccc21. The number of carbonyl (C=O) groups excluding carboxylic acids is 2. The second-order valence-corrected chi connectivity index (χ2v) is 8.35. The second kappa shape index (κ2) is 9.34. The number of amides is 2. The molecule has 0 radical (unpaired) electrons. The first-order valence-corrected chi connectivity index (χ1v) is 11.3. The van der Waals surface area contributed by atoms with Crippen LogP contribution in [0.1, 0.15) is 34.2 Å². The van der Waals surface area contributed by atoms with Crippen LogP contribution in [0.15, 0.2) is 53.7 Å². The number of aryl methyl sites for hydroxylation is 1. The van der Waals surface area contributed by atoms with Gasteiger partial charge < -0.3 is 14.8 Å². The van der Waals surface area contributed by atoms with Crippen LogP contribution in [-0.4, -0.2) is 38.9 Å². The molecule has 0 unspecified atom stereocenters. The van der Waals surface area contributed by atoms with Gasteiger partial charge in [0.2, 0.25) is 5.91 Å². The maximum absolute atomic E-state index is 12.8. The number of anilines is 1. The first-order valence-electron chi connectivity index (χ1n) is 10.3. The van der Waals surface area contributed by atoms with Gasteiger partial charge in [0.1, 0.15) is 0 Å². The Kier molecular flexibility index (Phi) is 6.36. The largest absolute Gasteiger partial charge is 0.345 e. The number of hydrogen-bond acceptors (Lipinski definition) is 5. The van der Waals surface area contributed by atoms with Gasteiger partial charge in [-0.2, -0.15) is 0 Å². The van der Waals surface area contributed by atoms with Crippen molar-refractivity contribution in [3.8, 4) is 0 Å².